The van der Waals surface area contributed by atoms with Gasteiger partial charge in [0, 0.05) is 11.1 Å². The number of hydrogen-bond donors (Lipinski definition) is 1. The van der Waals surface area contributed by atoms with Crippen molar-refractivity contribution < 1.29 is 18.9 Å². The number of aromatic nitrogens is 3. The molecule has 0 radical (unpaired) electrons. The Morgan fingerprint density at radius 3 is 2.25 bits per heavy atom. The fourth-order valence-corrected chi connectivity index (χ4v) is 2.66. The Kier molecular flexibility index (Phi) is 3.45. The average Bonchev–Trinajstić information content (AvgIpc) is 3.29. The van der Waals surface area contributed by atoms with Crippen molar-refractivity contribution in [3.63, 3.8) is 0 Å². The quantitative estimate of drug-likeness (QED) is 0.794. The fraction of sp³-hybridized carbons (Fsp3) is 0.176. The molecule has 1 N–H and O–H groups in total. The van der Waals surface area contributed by atoms with Crippen LogP contribution in [0.2, 0.25) is 0 Å². The molecule has 0 spiro atoms. The first-order valence-electron chi connectivity index (χ1n) is 7.33. The molecule has 0 fully saturated rings. The smallest absolute Gasteiger partial charge is 0.231 e. The maximum absolute atomic E-state index is 5.43. The van der Waals surface area contributed by atoms with Crippen LogP contribution in [0.15, 0.2) is 36.4 Å². The molecule has 0 atom stereocenters. The van der Waals surface area contributed by atoms with Gasteiger partial charge in [0.05, 0.1) is 14.2 Å². The monoisotopic (exact) mass is 325 g/mol. The Balaban J connectivity index is 1.78. The number of benzene rings is 2. The summed E-state index contributed by atoms with van der Waals surface area (Å²) < 4.78 is 21.4. The van der Waals surface area contributed by atoms with Crippen LogP contribution < -0.4 is 18.9 Å². The third-order valence-electron chi connectivity index (χ3n) is 3.85. The summed E-state index contributed by atoms with van der Waals surface area (Å²) >= 11 is 0. The van der Waals surface area contributed by atoms with Crippen LogP contribution >= 0.6 is 0 Å². The van der Waals surface area contributed by atoms with Crippen LogP contribution in [0, 0.1) is 0 Å². The molecular formula is C17H15N3O4. The van der Waals surface area contributed by atoms with E-state index in [0.29, 0.717) is 17.2 Å². The molecule has 2 aromatic carbocycles. The highest BCUT2D eigenvalue weighted by Gasteiger charge is 2.19. The molecule has 7 nitrogen and oxygen atoms in total. The highest BCUT2D eigenvalue weighted by atomic mass is 16.7. The Labute approximate surface area is 138 Å². The summed E-state index contributed by atoms with van der Waals surface area (Å²) in [7, 11) is 3.20. The first kappa shape index (κ1) is 14.4. The topological polar surface area (TPSA) is 78.5 Å². The maximum atomic E-state index is 5.43. The number of hydrogen-bond acceptors (Lipinski definition) is 6. The number of ether oxygens (including phenoxy) is 4. The van der Waals surface area contributed by atoms with Crippen molar-refractivity contribution in [3.8, 4) is 45.5 Å². The van der Waals surface area contributed by atoms with Crippen LogP contribution in [0.4, 0.5) is 0 Å². The van der Waals surface area contributed by atoms with Gasteiger partial charge < -0.3 is 18.9 Å². The Bertz CT molecular complexity index is 891. The number of nitrogens with one attached hydrogen (secondary N) is 1. The summed E-state index contributed by atoms with van der Waals surface area (Å²) in [5, 5.41) is 11.2. The van der Waals surface area contributed by atoms with Gasteiger partial charge in [0.1, 0.15) is 11.4 Å². The Morgan fingerprint density at radius 1 is 0.833 bits per heavy atom. The average molecular weight is 325 g/mol. The molecule has 1 aliphatic heterocycles. The lowest BCUT2D eigenvalue weighted by atomic mass is 10.0. The lowest BCUT2D eigenvalue weighted by Crippen LogP contribution is -1.93. The van der Waals surface area contributed by atoms with Gasteiger partial charge in [-0.3, -0.25) is 0 Å². The van der Waals surface area contributed by atoms with Gasteiger partial charge in [-0.05, 0) is 36.4 Å². The van der Waals surface area contributed by atoms with Crippen molar-refractivity contribution in [2.75, 3.05) is 21.0 Å². The van der Waals surface area contributed by atoms with Crippen LogP contribution in [0.25, 0.3) is 22.5 Å². The van der Waals surface area contributed by atoms with Crippen molar-refractivity contribution in [1.29, 1.82) is 0 Å². The molecule has 2 heterocycles. The van der Waals surface area contributed by atoms with E-state index in [0.717, 1.165) is 28.3 Å². The maximum Gasteiger partial charge on any atom is 0.231 e. The first-order valence-corrected chi connectivity index (χ1v) is 7.33. The number of rotatable bonds is 4. The molecule has 0 saturated carbocycles. The highest BCUT2D eigenvalue weighted by Crippen LogP contribution is 2.39. The lowest BCUT2D eigenvalue weighted by molar-refractivity contribution is 0.174. The second-order valence-corrected chi connectivity index (χ2v) is 5.16. The SMILES string of the molecule is COc1ccc(-c2n[nH]nc2-c2ccc3c(c2)OCO3)cc1OC. The summed E-state index contributed by atoms with van der Waals surface area (Å²) in [5.74, 6) is 2.73. The molecular weight excluding hydrogens is 310 g/mol. The van der Waals surface area contributed by atoms with Crippen molar-refractivity contribution >= 4 is 0 Å². The van der Waals surface area contributed by atoms with Crippen molar-refractivity contribution in [1.82, 2.24) is 15.4 Å². The van der Waals surface area contributed by atoms with Crippen molar-refractivity contribution in [2.24, 2.45) is 0 Å². The molecule has 0 bridgehead atoms. The van der Waals surface area contributed by atoms with Crippen LogP contribution in [0.3, 0.4) is 0 Å². The summed E-state index contributed by atoms with van der Waals surface area (Å²) in [5.41, 5.74) is 3.20. The molecule has 0 aliphatic carbocycles. The van der Waals surface area contributed by atoms with Crippen LogP contribution in [-0.2, 0) is 0 Å². The minimum atomic E-state index is 0.236. The predicted molar refractivity (Wildman–Crippen MR) is 86.5 cm³/mol. The van der Waals surface area contributed by atoms with Gasteiger partial charge in [-0.15, -0.1) is 0 Å². The summed E-state index contributed by atoms with van der Waals surface area (Å²) in [6, 6.07) is 11.3. The second kappa shape index (κ2) is 5.77. The number of methoxy groups -OCH3 is 2. The van der Waals surface area contributed by atoms with Gasteiger partial charge in [-0.25, -0.2) is 0 Å². The molecule has 3 aromatic rings. The lowest BCUT2D eigenvalue weighted by Gasteiger charge is -2.09. The minimum absolute atomic E-state index is 0.236. The van der Waals surface area contributed by atoms with E-state index in [1.54, 1.807) is 14.2 Å². The zero-order valence-electron chi connectivity index (χ0n) is 13.2. The van der Waals surface area contributed by atoms with E-state index in [9.17, 15) is 0 Å². The number of fused-ring (bicyclic) bond motifs is 1. The third-order valence-corrected chi connectivity index (χ3v) is 3.85. The molecule has 0 unspecified atom stereocenters. The zero-order valence-corrected chi connectivity index (χ0v) is 13.2. The van der Waals surface area contributed by atoms with E-state index in [1.807, 2.05) is 36.4 Å². The zero-order chi connectivity index (χ0) is 16.5. The van der Waals surface area contributed by atoms with Crippen LogP contribution in [-0.4, -0.2) is 36.4 Å². The van der Waals surface area contributed by atoms with Gasteiger partial charge in [0.15, 0.2) is 23.0 Å². The van der Waals surface area contributed by atoms with E-state index in [4.69, 9.17) is 18.9 Å². The number of nitrogens with zero attached hydrogens (tertiary/aromatic N) is 2. The fourth-order valence-electron chi connectivity index (χ4n) is 2.66. The molecule has 0 amide bonds. The van der Waals surface area contributed by atoms with Crippen LogP contribution in [0.5, 0.6) is 23.0 Å². The van der Waals surface area contributed by atoms with Gasteiger partial charge in [-0.1, -0.05) is 0 Å². The summed E-state index contributed by atoms with van der Waals surface area (Å²) in [6.07, 6.45) is 0. The molecule has 122 valence electrons. The molecule has 7 heteroatoms. The van der Waals surface area contributed by atoms with Gasteiger partial charge >= 0.3 is 0 Å². The minimum Gasteiger partial charge on any atom is -0.493 e. The van der Waals surface area contributed by atoms with E-state index in [1.165, 1.54) is 0 Å². The molecule has 0 saturated heterocycles. The normalized spacial score (nSPS) is 12.2. The third kappa shape index (κ3) is 2.30. The number of H-pyrrole nitrogens is 1. The molecule has 4 rings (SSSR count). The van der Waals surface area contributed by atoms with E-state index >= 15 is 0 Å². The number of aromatic amines is 1. The Morgan fingerprint density at radius 2 is 1.50 bits per heavy atom. The van der Waals surface area contributed by atoms with Crippen molar-refractivity contribution in [2.45, 2.75) is 0 Å². The molecule has 24 heavy (non-hydrogen) atoms. The summed E-state index contributed by atoms with van der Waals surface area (Å²) in [4.78, 5) is 0. The van der Waals surface area contributed by atoms with E-state index in [-0.39, 0.29) is 6.79 Å². The van der Waals surface area contributed by atoms with Gasteiger partial charge in [0.25, 0.3) is 0 Å². The van der Waals surface area contributed by atoms with Gasteiger partial charge in [-0.2, -0.15) is 15.4 Å². The predicted octanol–water partition coefficient (Wildman–Crippen LogP) is 2.88. The Hall–Kier alpha value is -3.22. The van der Waals surface area contributed by atoms with Crippen LogP contribution in [0.1, 0.15) is 0 Å². The summed E-state index contributed by atoms with van der Waals surface area (Å²) in [6.45, 7) is 0.236. The second-order valence-electron chi connectivity index (χ2n) is 5.16. The standard InChI is InChI=1S/C17H15N3O4/c1-21-12-5-3-10(7-14(12)22-2)16-17(19-20-18-16)11-4-6-13-15(8-11)24-9-23-13/h3-8H,9H2,1-2H3,(H,18,19,20). The largest absolute Gasteiger partial charge is 0.493 e. The van der Waals surface area contributed by atoms with Crippen molar-refractivity contribution in [3.05, 3.63) is 36.4 Å². The van der Waals surface area contributed by atoms with E-state index < -0.39 is 0 Å². The molecule has 1 aromatic heterocycles. The highest BCUT2D eigenvalue weighted by molar-refractivity contribution is 5.79. The molecule has 1 aliphatic rings. The van der Waals surface area contributed by atoms with E-state index in [2.05, 4.69) is 15.4 Å². The first-order chi connectivity index (χ1) is 11.8. The van der Waals surface area contributed by atoms with Gasteiger partial charge in [0.2, 0.25) is 6.79 Å².